The molecule has 0 unspecified atom stereocenters. The fraction of sp³-hybridized carbons (Fsp3) is 0.167. The number of benzene rings is 3. The summed E-state index contributed by atoms with van der Waals surface area (Å²) in [6.45, 7) is 0.275. The highest BCUT2D eigenvalue weighted by atomic mass is 35.5. The molecule has 0 atom stereocenters. The summed E-state index contributed by atoms with van der Waals surface area (Å²) in [7, 11) is 0. The van der Waals surface area contributed by atoms with Gasteiger partial charge in [0.25, 0.3) is 5.91 Å². The number of rotatable bonds is 6. The number of halogens is 1. The number of aromatic hydroxyl groups is 1. The van der Waals surface area contributed by atoms with E-state index in [1.807, 2.05) is 54.6 Å². The van der Waals surface area contributed by atoms with Crippen molar-refractivity contribution in [2.24, 2.45) is 0 Å². The summed E-state index contributed by atoms with van der Waals surface area (Å²) in [5.74, 6) is -0.0418. The fourth-order valence-corrected chi connectivity index (χ4v) is 5.85. The van der Waals surface area contributed by atoms with Crippen molar-refractivity contribution in [3.8, 4) is 17.0 Å². The third kappa shape index (κ3) is 5.13. The van der Waals surface area contributed by atoms with E-state index in [1.165, 1.54) is 22.1 Å². The molecule has 3 N–H and O–H groups in total. The van der Waals surface area contributed by atoms with Crippen molar-refractivity contribution in [1.82, 2.24) is 15.1 Å². The molecule has 1 fully saturated rings. The molecule has 1 aliphatic rings. The number of carbonyl (C=O) groups is 2. The van der Waals surface area contributed by atoms with Gasteiger partial charge in [0.05, 0.1) is 16.3 Å². The number of amides is 2. The number of carbonyl (C=O) groups excluding carboxylic acids is 2. The second kappa shape index (κ2) is 10.6. The number of aromatic nitrogens is 2. The maximum atomic E-state index is 13.1. The van der Waals surface area contributed by atoms with Gasteiger partial charge in [-0.3, -0.25) is 4.79 Å². The molecular weight excluding hydrogens is 532 g/mol. The Morgan fingerprint density at radius 2 is 1.82 bits per heavy atom. The lowest BCUT2D eigenvalue weighted by Gasteiger charge is -2.25. The van der Waals surface area contributed by atoms with E-state index in [9.17, 15) is 14.7 Å². The maximum absolute atomic E-state index is 13.1. The minimum atomic E-state index is -0.352. The monoisotopic (exact) mass is 556 g/mol. The van der Waals surface area contributed by atoms with E-state index >= 15 is 0 Å². The highest BCUT2D eigenvalue weighted by molar-refractivity contribution is 7.20. The second-order valence-corrected chi connectivity index (χ2v) is 11.1. The Kier molecular flexibility index (Phi) is 6.81. The van der Waals surface area contributed by atoms with Gasteiger partial charge in [0.1, 0.15) is 5.75 Å². The van der Waals surface area contributed by atoms with Crippen LogP contribution in [0.3, 0.4) is 0 Å². The normalized spacial score (nSPS) is 13.3. The Bertz CT molecular complexity index is 1670. The minimum absolute atomic E-state index is 0.0366. The molecule has 3 aromatic carbocycles. The summed E-state index contributed by atoms with van der Waals surface area (Å²) >= 11 is 7.66. The molecule has 6 rings (SSSR count). The van der Waals surface area contributed by atoms with Crippen molar-refractivity contribution >= 4 is 50.6 Å². The molecule has 0 spiro atoms. The van der Waals surface area contributed by atoms with Crippen LogP contribution in [-0.4, -0.2) is 26.8 Å². The van der Waals surface area contributed by atoms with Crippen molar-refractivity contribution in [2.75, 3.05) is 5.32 Å². The van der Waals surface area contributed by atoms with Crippen molar-refractivity contribution < 1.29 is 14.7 Å². The van der Waals surface area contributed by atoms with Crippen LogP contribution in [0.2, 0.25) is 5.02 Å². The van der Waals surface area contributed by atoms with Gasteiger partial charge in [0.15, 0.2) is 0 Å². The average molecular weight is 557 g/mol. The van der Waals surface area contributed by atoms with Crippen LogP contribution in [0, 0.1) is 0 Å². The number of fused-ring (bicyclic) bond motifs is 1. The number of hydrogen-bond donors (Lipinski definition) is 3. The summed E-state index contributed by atoms with van der Waals surface area (Å²) in [4.78, 5) is 26.5. The Hall–Kier alpha value is -4.14. The van der Waals surface area contributed by atoms with Gasteiger partial charge < -0.3 is 15.7 Å². The maximum Gasteiger partial charge on any atom is 0.342 e. The largest absolute Gasteiger partial charge is 0.507 e. The topological polar surface area (TPSA) is 96.3 Å². The molecule has 39 heavy (non-hydrogen) atoms. The smallest absolute Gasteiger partial charge is 0.342 e. The first-order valence-electron chi connectivity index (χ1n) is 12.7. The predicted molar refractivity (Wildman–Crippen MR) is 155 cm³/mol. The van der Waals surface area contributed by atoms with Crippen LogP contribution in [0.1, 0.15) is 46.1 Å². The molecule has 0 aliphatic heterocycles. The van der Waals surface area contributed by atoms with Crippen LogP contribution >= 0.6 is 22.9 Å². The molecule has 2 heterocycles. The highest BCUT2D eigenvalue weighted by Gasteiger charge is 2.27. The van der Waals surface area contributed by atoms with Gasteiger partial charge in [-0.05, 0) is 60.2 Å². The van der Waals surface area contributed by atoms with Gasteiger partial charge in [-0.25, -0.2) is 4.79 Å². The Labute approximate surface area is 234 Å². The van der Waals surface area contributed by atoms with E-state index in [0.29, 0.717) is 26.8 Å². The van der Waals surface area contributed by atoms with Gasteiger partial charge in [0.2, 0.25) is 0 Å². The molecule has 1 saturated carbocycles. The van der Waals surface area contributed by atoms with E-state index in [2.05, 4.69) is 15.7 Å². The van der Waals surface area contributed by atoms with E-state index in [0.717, 1.165) is 40.6 Å². The van der Waals surface area contributed by atoms with Crippen LogP contribution in [0.4, 0.5) is 10.5 Å². The van der Waals surface area contributed by atoms with E-state index in [4.69, 9.17) is 11.6 Å². The number of hydrogen-bond acceptors (Lipinski definition) is 5. The summed E-state index contributed by atoms with van der Waals surface area (Å²) in [5.41, 5.74) is 3.07. The lowest BCUT2D eigenvalue weighted by atomic mass is 9.82. The third-order valence-corrected chi connectivity index (χ3v) is 8.51. The molecule has 0 bridgehead atoms. The van der Waals surface area contributed by atoms with Gasteiger partial charge in [-0.2, -0.15) is 9.78 Å². The van der Waals surface area contributed by atoms with Crippen LogP contribution in [-0.2, 0) is 6.54 Å². The predicted octanol–water partition coefficient (Wildman–Crippen LogP) is 7.40. The number of phenols is 1. The molecule has 0 radical (unpaired) electrons. The standard InChI is InChI=1S/C30H25ClN4O3S/c31-23-10-3-1-7-20(23)17-32-30(38)35-25(18-8-5-9-18)16-24(34-35)22-13-12-21(15-26(22)36)33-29(37)28-14-19-6-2-4-11-27(19)39-28/h1-4,6-7,10-16,18,36H,5,8-9,17H2,(H,32,38)(H,33,37). The number of nitrogens with zero attached hydrogens (tertiary/aromatic N) is 2. The number of anilines is 1. The molecule has 9 heteroatoms. The van der Waals surface area contributed by atoms with Crippen molar-refractivity contribution in [3.63, 3.8) is 0 Å². The molecule has 1 aliphatic carbocycles. The van der Waals surface area contributed by atoms with E-state index in [-0.39, 0.29) is 30.2 Å². The van der Waals surface area contributed by atoms with Crippen LogP contribution in [0.5, 0.6) is 5.75 Å². The number of phenolic OH excluding ortho intramolecular Hbond substituents is 1. The minimum Gasteiger partial charge on any atom is -0.507 e. The van der Waals surface area contributed by atoms with Gasteiger partial charge in [-0.1, -0.05) is 54.4 Å². The molecular formula is C30H25ClN4O3S. The molecule has 196 valence electrons. The zero-order chi connectivity index (χ0) is 26.9. The number of thiophene rings is 1. The average Bonchev–Trinajstić information content (AvgIpc) is 3.52. The SMILES string of the molecule is O=C(Nc1ccc(-c2cc(C3CCC3)n(C(=O)NCc3ccccc3Cl)n2)c(O)c1)c1cc2ccccc2s1. The second-order valence-electron chi connectivity index (χ2n) is 9.58. The lowest BCUT2D eigenvalue weighted by Crippen LogP contribution is -2.31. The van der Waals surface area contributed by atoms with Gasteiger partial charge in [-0.15, -0.1) is 11.3 Å². The molecule has 2 amide bonds. The van der Waals surface area contributed by atoms with Crippen LogP contribution in [0.15, 0.2) is 78.9 Å². The molecule has 0 saturated heterocycles. The third-order valence-electron chi connectivity index (χ3n) is 7.02. The van der Waals surface area contributed by atoms with Gasteiger partial charge >= 0.3 is 6.03 Å². The van der Waals surface area contributed by atoms with Crippen molar-refractivity contribution in [2.45, 2.75) is 31.7 Å². The molecule has 2 aromatic heterocycles. The van der Waals surface area contributed by atoms with Crippen LogP contribution < -0.4 is 10.6 Å². The van der Waals surface area contributed by atoms with E-state index in [1.54, 1.807) is 18.2 Å². The first-order chi connectivity index (χ1) is 19.0. The summed E-state index contributed by atoms with van der Waals surface area (Å²) in [5, 5.41) is 22.8. The van der Waals surface area contributed by atoms with Gasteiger partial charge in [0, 0.05) is 39.5 Å². The summed E-state index contributed by atoms with van der Waals surface area (Å²) < 4.78 is 2.43. The van der Waals surface area contributed by atoms with E-state index < -0.39 is 0 Å². The number of nitrogens with one attached hydrogen (secondary N) is 2. The quantitative estimate of drug-likeness (QED) is 0.203. The fourth-order valence-electron chi connectivity index (χ4n) is 4.68. The van der Waals surface area contributed by atoms with Crippen molar-refractivity contribution in [1.29, 1.82) is 0 Å². The lowest BCUT2D eigenvalue weighted by molar-refractivity contribution is 0.103. The van der Waals surface area contributed by atoms with Crippen molar-refractivity contribution in [3.05, 3.63) is 100 Å². The zero-order valence-corrected chi connectivity index (χ0v) is 22.4. The Morgan fingerprint density at radius 3 is 2.56 bits per heavy atom. The zero-order valence-electron chi connectivity index (χ0n) is 20.9. The summed E-state index contributed by atoms with van der Waals surface area (Å²) in [6, 6.07) is 23.5. The first-order valence-corrected chi connectivity index (χ1v) is 13.9. The van der Waals surface area contributed by atoms with Crippen LogP contribution in [0.25, 0.3) is 21.3 Å². The Morgan fingerprint density at radius 1 is 1.03 bits per heavy atom. The first kappa shape index (κ1) is 25.2. The molecule has 7 nitrogen and oxygen atoms in total. The Balaban J connectivity index is 1.22. The highest BCUT2D eigenvalue weighted by Crippen LogP contribution is 2.39. The summed E-state index contributed by atoms with van der Waals surface area (Å²) in [6.07, 6.45) is 3.07. The molecule has 5 aromatic rings.